The van der Waals surface area contributed by atoms with Gasteiger partial charge in [0.1, 0.15) is 5.75 Å². The van der Waals surface area contributed by atoms with Gasteiger partial charge in [0.2, 0.25) is 0 Å². The second-order valence-corrected chi connectivity index (χ2v) is 5.41. The van der Waals surface area contributed by atoms with Crippen LogP contribution in [0.2, 0.25) is 0 Å². The molecule has 0 aliphatic carbocycles. The lowest BCUT2D eigenvalue weighted by Gasteiger charge is -2.31. The van der Waals surface area contributed by atoms with Crippen LogP contribution in [0.25, 0.3) is 0 Å². The first-order chi connectivity index (χ1) is 10.8. The van der Waals surface area contributed by atoms with Gasteiger partial charge in [-0.25, -0.2) is 0 Å². The van der Waals surface area contributed by atoms with Gasteiger partial charge in [-0.05, 0) is 37.2 Å². The van der Waals surface area contributed by atoms with Crippen LogP contribution in [-0.2, 0) is 0 Å². The van der Waals surface area contributed by atoms with E-state index in [9.17, 15) is 0 Å². The molecule has 2 N–H and O–H groups in total. The topological polar surface area (TPSA) is 48.9 Å². The number of nitrogens with one attached hydrogen (secondary N) is 2. The smallest absolute Gasteiger partial charge is 0.191 e. The Morgan fingerprint density at radius 2 is 2.13 bits per heavy atom. The summed E-state index contributed by atoms with van der Waals surface area (Å²) in [5.74, 6) is 1.83. The summed E-state index contributed by atoms with van der Waals surface area (Å²) in [6.45, 7) is 9.17. The van der Waals surface area contributed by atoms with E-state index in [4.69, 9.17) is 4.74 Å². The highest BCUT2D eigenvalue weighted by atomic mass is 127. The zero-order valence-electron chi connectivity index (χ0n) is 14.3. The first-order valence-electron chi connectivity index (χ1n) is 8.18. The van der Waals surface area contributed by atoms with Crippen LogP contribution in [0.4, 0.5) is 0 Å². The second kappa shape index (κ2) is 10.7. The van der Waals surface area contributed by atoms with E-state index >= 15 is 0 Å². The molecule has 1 unspecified atom stereocenters. The number of aliphatic imine (C=N–C) groups is 1. The lowest BCUT2D eigenvalue weighted by molar-refractivity contribution is 0.218. The Bertz CT molecular complexity index is 491. The van der Waals surface area contributed by atoms with Crippen molar-refractivity contribution in [3.05, 3.63) is 29.8 Å². The van der Waals surface area contributed by atoms with E-state index in [1.165, 1.54) is 5.56 Å². The fraction of sp³-hybridized carbons (Fsp3) is 0.588. The molecule has 0 saturated carbocycles. The molecule has 1 heterocycles. The van der Waals surface area contributed by atoms with Crippen molar-refractivity contribution < 1.29 is 4.74 Å². The third-order valence-electron chi connectivity index (χ3n) is 4.09. The van der Waals surface area contributed by atoms with E-state index in [0.717, 1.165) is 50.9 Å². The molecule has 0 spiro atoms. The van der Waals surface area contributed by atoms with Crippen LogP contribution in [0.1, 0.15) is 31.9 Å². The SMILES string of the molecule is CCN(CC)C(CNC1=NCCCN1)c1cccc(OC)c1.I. The summed E-state index contributed by atoms with van der Waals surface area (Å²) in [5.41, 5.74) is 1.27. The third kappa shape index (κ3) is 5.84. The van der Waals surface area contributed by atoms with Crippen LogP contribution < -0.4 is 15.4 Å². The minimum absolute atomic E-state index is 0. The van der Waals surface area contributed by atoms with Gasteiger partial charge in [-0.15, -0.1) is 24.0 Å². The van der Waals surface area contributed by atoms with Crippen molar-refractivity contribution in [3.8, 4) is 5.75 Å². The largest absolute Gasteiger partial charge is 0.497 e. The zero-order chi connectivity index (χ0) is 15.8. The quantitative estimate of drug-likeness (QED) is 0.651. The maximum atomic E-state index is 5.37. The van der Waals surface area contributed by atoms with Crippen molar-refractivity contribution >= 4 is 29.9 Å². The van der Waals surface area contributed by atoms with Gasteiger partial charge in [-0.1, -0.05) is 26.0 Å². The molecule has 1 aromatic rings. The molecule has 2 rings (SSSR count). The predicted molar refractivity (Wildman–Crippen MR) is 107 cm³/mol. The second-order valence-electron chi connectivity index (χ2n) is 5.41. The number of halogens is 1. The average molecular weight is 432 g/mol. The normalized spacial score (nSPS) is 15.2. The van der Waals surface area contributed by atoms with E-state index in [2.05, 4.69) is 52.6 Å². The Morgan fingerprint density at radius 3 is 2.74 bits per heavy atom. The van der Waals surface area contributed by atoms with Gasteiger partial charge in [0.05, 0.1) is 13.2 Å². The molecule has 130 valence electrons. The molecular weight excluding hydrogens is 403 g/mol. The Morgan fingerprint density at radius 1 is 1.35 bits per heavy atom. The number of benzene rings is 1. The van der Waals surface area contributed by atoms with Crippen molar-refractivity contribution in [1.29, 1.82) is 0 Å². The first kappa shape index (κ1) is 20.0. The minimum atomic E-state index is 0. The molecule has 23 heavy (non-hydrogen) atoms. The molecule has 1 aliphatic rings. The van der Waals surface area contributed by atoms with Crippen molar-refractivity contribution in [1.82, 2.24) is 15.5 Å². The molecule has 0 aromatic heterocycles. The monoisotopic (exact) mass is 432 g/mol. The number of hydrogen-bond acceptors (Lipinski definition) is 5. The number of hydrogen-bond donors (Lipinski definition) is 2. The summed E-state index contributed by atoms with van der Waals surface area (Å²) in [7, 11) is 1.71. The fourth-order valence-electron chi connectivity index (χ4n) is 2.82. The summed E-state index contributed by atoms with van der Waals surface area (Å²) in [6.07, 6.45) is 1.11. The summed E-state index contributed by atoms with van der Waals surface area (Å²) >= 11 is 0. The number of rotatable bonds is 7. The van der Waals surface area contributed by atoms with E-state index in [0.29, 0.717) is 6.04 Å². The van der Waals surface area contributed by atoms with Crippen molar-refractivity contribution in [2.45, 2.75) is 26.3 Å². The van der Waals surface area contributed by atoms with Gasteiger partial charge in [-0.3, -0.25) is 9.89 Å². The van der Waals surface area contributed by atoms with E-state index in [1.54, 1.807) is 7.11 Å². The lowest BCUT2D eigenvalue weighted by Crippen LogP contribution is -2.45. The van der Waals surface area contributed by atoms with Gasteiger partial charge in [0.15, 0.2) is 5.96 Å². The molecular formula is C17H29IN4O. The fourth-order valence-corrected chi connectivity index (χ4v) is 2.82. The lowest BCUT2D eigenvalue weighted by atomic mass is 10.0. The maximum Gasteiger partial charge on any atom is 0.191 e. The zero-order valence-corrected chi connectivity index (χ0v) is 16.7. The standard InChI is InChI=1S/C17H28N4O.HI/c1-4-21(5-2)16(13-20-17-18-10-7-11-19-17)14-8-6-9-15(12-14)22-3;/h6,8-9,12,16H,4-5,7,10-11,13H2,1-3H3,(H2,18,19,20);1H. The molecule has 0 saturated heterocycles. The highest BCUT2D eigenvalue weighted by Crippen LogP contribution is 2.23. The van der Waals surface area contributed by atoms with Crippen LogP contribution in [0.3, 0.4) is 0 Å². The van der Waals surface area contributed by atoms with Gasteiger partial charge in [0.25, 0.3) is 0 Å². The minimum Gasteiger partial charge on any atom is -0.497 e. The summed E-state index contributed by atoms with van der Waals surface area (Å²) in [5, 5.41) is 6.78. The first-order valence-corrected chi connectivity index (χ1v) is 8.18. The Kier molecular flexibility index (Phi) is 9.31. The number of guanidine groups is 1. The molecule has 5 nitrogen and oxygen atoms in total. The third-order valence-corrected chi connectivity index (χ3v) is 4.09. The van der Waals surface area contributed by atoms with E-state index < -0.39 is 0 Å². The van der Waals surface area contributed by atoms with Crippen LogP contribution in [-0.4, -0.2) is 50.7 Å². The Labute approximate surface area is 156 Å². The average Bonchev–Trinajstić information content (AvgIpc) is 2.59. The van der Waals surface area contributed by atoms with Crippen LogP contribution in [0.15, 0.2) is 29.3 Å². The van der Waals surface area contributed by atoms with Crippen LogP contribution in [0, 0.1) is 0 Å². The van der Waals surface area contributed by atoms with Crippen LogP contribution >= 0.6 is 24.0 Å². The maximum absolute atomic E-state index is 5.37. The highest BCUT2D eigenvalue weighted by molar-refractivity contribution is 14.0. The van der Waals surface area contributed by atoms with Crippen molar-refractivity contribution in [2.24, 2.45) is 4.99 Å². The number of nitrogens with zero attached hydrogens (tertiary/aromatic N) is 2. The van der Waals surface area contributed by atoms with Gasteiger partial charge < -0.3 is 15.4 Å². The van der Waals surface area contributed by atoms with Gasteiger partial charge >= 0.3 is 0 Å². The Balaban J connectivity index is 0.00000264. The molecule has 0 amide bonds. The summed E-state index contributed by atoms with van der Waals surface area (Å²) < 4.78 is 5.37. The van der Waals surface area contributed by atoms with Crippen molar-refractivity contribution in [3.63, 3.8) is 0 Å². The van der Waals surface area contributed by atoms with Gasteiger partial charge in [0, 0.05) is 19.6 Å². The molecule has 1 aliphatic heterocycles. The molecule has 6 heteroatoms. The van der Waals surface area contributed by atoms with Crippen LogP contribution in [0.5, 0.6) is 5.75 Å². The molecule has 1 aromatic carbocycles. The predicted octanol–water partition coefficient (Wildman–Crippen LogP) is 2.64. The summed E-state index contributed by atoms with van der Waals surface area (Å²) in [6, 6.07) is 8.64. The Hall–Kier alpha value is -1.02. The van der Waals surface area contributed by atoms with E-state index in [1.807, 2.05) is 6.07 Å². The number of likely N-dealkylation sites (N-methyl/N-ethyl adjacent to an activating group) is 1. The van der Waals surface area contributed by atoms with Gasteiger partial charge in [-0.2, -0.15) is 0 Å². The highest BCUT2D eigenvalue weighted by Gasteiger charge is 2.19. The molecule has 0 radical (unpaired) electrons. The number of methoxy groups -OCH3 is 1. The van der Waals surface area contributed by atoms with Crippen molar-refractivity contribution in [2.75, 3.05) is 39.8 Å². The summed E-state index contributed by atoms with van der Waals surface area (Å²) in [4.78, 5) is 6.94. The molecule has 0 bridgehead atoms. The number of ether oxygens (including phenoxy) is 1. The molecule has 1 atom stereocenters. The van der Waals surface area contributed by atoms with E-state index in [-0.39, 0.29) is 24.0 Å². The molecule has 0 fully saturated rings.